The average Bonchev–Trinajstić information content (AvgIpc) is 3.23. The molecule has 6 nitrogen and oxygen atoms in total. The number of hydrogen-bond donors (Lipinski definition) is 1. The van der Waals surface area contributed by atoms with Crippen molar-refractivity contribution in [2.24, 2.45) is 0 Å². The fourth-order valence-corrected chi connectivity index (χ4v) is 4.30. The van der Waals surface area contributed by atoms with Gasteiger partial charge in [-0.15, -0.1) is 0 Å². The normalized spacial score (nSPS) is 14.6. The molecule has 4 aromatic rings. The van der Waals surface area contributed by atoms with Gasteiger partial charge in [0.05, 0.1) is 5.39 Å². The second kappa shape index (κ2) is 9.02. The van der Waals surface area contributed by atoms with Gasteiger partial charge < -0.3 is 9.42 Å². The molecule has 2 heterocycles. The number of rotatable bonds is 4. The van der Waals surface area contributed by atoms with Crippen LogP contribution in [0.15, 0.2) is 77.3 Å². The van der Waals surface area contributed by atoms with Gasteiger partial charge in [-0.05, 0) is 35.4 Å². The second-order valence-electron chi connectivity index (χ2n) is 7.90. The van der Waals surface area contributed by atoms with Crippen LogP contribution in [0.25, 0.3) is 22.1 Å². The highest BCUT2D eigenvalue weighted by atomic mass is 35.5. The minimum atomic E-state index is -0.149. The molecule has 0 bridgehead atoms. The Labute approximate surface area is 191 Å². The van der Waals surface area contributed by atoms with E-state index < -0.39 is 0 Å². The van der Waals surface area contributed by atoms with Crippen LogP contribution in [0.4, 0.5) is 10.6 Å². The van der Waals surface area contributed by atoms with E-state index in [0.717, 1.165) is 41.2 Å². The van der Waals surface area contributed by atoms with E-state index in [1.807, 2.05) is 53.4 Å². The van der Waals surface area contributed by atoms with Gasteiger partial charge in [0.2, 0.25) is 0 Å². The van der Waals surface area contributed by atoms with Crippen molar-refractivity contribution in [2.45, 2.75) is 6.54 Å². The average molecular weight is 447 g/mol. The summed E-state index contributed by atoms with van der Waals surface area (Å²) >= 11 is 6.37. The number of amides is 2. The van der Waals surface area contributed by atoms with Crippen LogP contribution < -0.4 is 5.32 Å². The van der Waals surface area contributed by atoms with E-state index in [0.29, 0.717) is 24.5 Å². The van der Waals surface area contributed by atoms with Crippen molar-refractivity contribution < 1.29 is 9.32 Å². The molecular weight excluding hydrogens is 424 g/mol. The summed E-state index contributed by atoms with van der Waals surface area (Å²) in [4.78, 5) is 16.9. The monoisotopic (exact) mass is 446 g/mol. The number of benzene rings is 3. The van der Waals surface area contributed by atoms with Crippen LogP contribution in [0, 0.1) is 0 Å². The van der Waals surface area contributed by atoms with E-state index in [2.05, 4.69) is 39.6 Å². The Morgan fingerprint density at radius 1 is 0.969 bits per heavy atom. The van der Waals surface area contributed by atoms with Crippen LogP contribution in [0.3, 0.4) is 0 Å². The standard InChI is InChI=1S/C25H23ClN4O2/c26-22-10-3-1-8-20(22)19-7-5-6-18(16-19)17-29-12-14-30(15-13-29)25(31)27-24-21-9-2-4-11-23(21)32-28-24/h1-11,16H,12-15,17H2,(H,27,28,31). The van der Waals surface area contributed by atoms with Gasteiger partial charge in [-0.25, -0.2) is 4.79 Å². The van der Waals surface area contributed by atoms with Gasteiger partial charge in [0, 0.05) is 43.3 Å². The maximum atomic E-state index is 12.7. The number of nitrogens with one attached hydrogen (secondary N) is 1. The Balaban J connectivity index is 1.19. The van der Waals surface area contributed by atoms with Crippen molar-refractivity contribution in [3.63, 3.8) is 0 Å². The van der Waals surface area contributed by atoms with E-state index in [9.17, 15) is 4.79 Å². The summed E-state index contributed by atoms with van der Waals surface area (Å²) in [5.74, 6) is 0.462. The molecule has 2 amide bonds. The minimum absolute atomic E-state index is 0.149. The lowest BCUT2D eigenvalue weighted by molar-refractivity contribution is 0.143. The van der Waals surface area contributed by atoms with Crippen molar-refractivity contribution in [1.29, 1.82) is 0 Å². The SMILES string of the molecule is O=C(Nc1noc2ccccc12)N1CCN(Cc2cccc(-c3ccccc3Cl)c2)CC1. The van der Waals surface area contributed by atoms with Gasteiger partial charge in [-0.3, -0.25) is 10.2 Å². The molecule has 5 rings (SSSR count). The highest BCUT2D eigenvalue weighted by molar-refractivity contribution is 6.33. The van der Waals surface area contributed by atoms with Gasteiger partial charge in [0.1, 0.15) is 0 Å². The van der Waals surface area contributed by atoms with Gasteiger partial charge in [-0.1, -0.05) is 65.3 Å². The molecule has 1 aromatic heterocycles. The highest BCUT2D eigenvalue weighted by Gasteiger charge is 2.22. The third kappa shape index (κ3) is 4.33. The van der Waals surface area contributed by atoms with Crippen molar-refractivity contribution in [3.8, 4) is 11.1 Å². The Bertz CT molecular complexity index is 1250. The van der Waals surface area contributed by atoms with E-state index in [-0.39, 0.29) is 6.03 Å². The molecule has 1 saturated heterocycles. The number of para-hydroxylation sites is 1. The molecule has 0 spiro atoms. The number of anilines is 1. The number of urea groups is 1. The quantitative estimate of drug-likeness (QED) is 0.449. The molecule has 0 unspecified atom stereocenters. The maximum Gasteiger partial charge on any atom is 0.323 e. The van der Waals surface area contributed by atoms with Crippen molar-refractivity contribution in [1.82, 2.24) is 15.0 Å². The van der Waals surface area contributed by atoms with E-state index in [1.165, 1.54) is 5.56 Å². The van der Waals surface area contributed by atoms with Crippen LogP contribution in [-0.2, 0) is 6.54 Å². The molecule has 162 valence electrons. The topological polar surface area (TPSA) is 61.6 Å². The third-order valence-electron chi connectivity index (χ3n) is 5.78. The smallest absolute Gasteiger partial charge is 0.323 e. The van der Waals surface area contributed by atoms with Crippen LogP contribution in [0.5, 0.6) is 0 Å². The lowest BCUT2D eigenvalue weighted by atomic mass is 10.0. The summed E-state index contributed by atoms with van der Waals surface area (Å²) < 4.78 is 5.27. The molecule has 0 aliphatic carbocycles. The van der Waals surface area contributed by atoms with Crippen molar-refractivity contribution in [2.75, 3.05) is 31.5 Å². The molecule has 1 N–H and O–H groups in total. The number of aromatic nitrogens is 1. The third-order valence-corrected chi connectivity index (χ3v) is 6.11. The van der Waals surface area contributed by atoms with E-state index >= 15 is 0 Å². The first kappa shape index (κ1) is 20.5. The number of carbonyl (C=O) groups excluding carboxylic acids is 1. The summed E-state index contributed by atoms with van der Waals surface area (Å²) in [6, 6.07) is 23.7. The molecule has 7 heteroatoms. The summed E-state index contributed by atoms with van der Waals surface area (Å²) in [6.45, 7) is 3.77. The predicted octanol–water partition coefficient (Wildman–Crippen LogP) is 5.50. The lowest BCUT2D eigenvalue weighted by Gasteiger charge is -2.34. The fourth-order valence-electron chi connectivity index (χ4n) is 4.06. The largest absolute Gasteiger partial charge is 0.354 e. The number of hydrogen-bond acceptors (Lipinski definition) is 4. The van der Waals surface area contributed by atoms with Crippen LogP contribution in [0.2, 0.25) is 5.02 Å². The van der Waals surface area contributed by atoms with Gasteiger partial charge in [0.15, 0.2) is 11.4 Å². The zero-order valence-electron chi connectivity index (χ0n) is 17.5. The first-order valence-corrected chi connectivity index (χ1v) is 11.0. The fraction of sp³-hybridized carbons (Fsp3) is 0.200. The van der Waals surface area contributed by atoms with Gasteiger partial charge in [-0.2, -0.15) is 0 Å². The highest BCUT2D eigenvalue weighted by Crippen LogP contribution is 2.28. The van der Waals surface area contributed by atoms with E-state index in [1.54, 1.807) is 0 Å². The Kier molecular flexibility index (Phi) is 5.79. The molecule has 1 aliphatic heterocycles. The predicted molar refractivity (Wildman–Crippen MR) is 127 cm³/mol. The maximum absolute atomic E-state index is 12.7. The Morgan fingerprint density at radius 2 is 1.75 bits per heavy atom. The van der Waals surface area contributed by atoms with Gasteiger partial charge in [0.25, 0.3) is 0 Å². The van der Waals surface area contributed by atoms with E-state index in [4.69, 9.17) is 16.1 Å². The number of carbonyl (C=O) groups is 1. The van der Waals surface area contributed by atoms with Crippen LogP contribution in [0.1, 0.15) is 5.56 Å². The molecular formula is C25H23ClN4O2. The summed E-state index contributed by atoms with van der Waals surface area (Å²) in [6.07, 6.45) is 0. The molecule has 0 saturated carbocycles. The Morgan fingerprint density at radius 3 is 2.59 bits per heavy atom. The number of fused-ring (bicyclic) bond motifs is 1. The first-order chi connectivity index (χ1) is 15.7. The molecule has 0 radical (unpaired) electrons. The molecule has 3 aromatic carbocycles. The van der Waals surface area contributed by atoms with Crippen molar-refractivity contribution in [3.05, 3.63) is 83.4 Å². The number of piperazine rings is 1. The molecule has 1 aliphatic rings. The molecule has 1 fully saturated rings. The Hall–Kier alpha value is -3.35. The minimum Gasteiger partial charge on any atom is -0.354 e. The molecule has 32 heavy (non-hydrogen) atoms. The van der Waals surface area contributed by atoms with Gasteiger partial charge >= 0.3 is 6.03 Å². The second-order valence-corrected chi connectivity index (χ2v) is 8.31. The summed E-state index contributed by atoms with van der Waals surface area (Å²) in [7, 11) is 0. The lowest BCUT2D eigenvalue weighted by Crippen LogP contribution is -2.49. The zero-order valence-corrected chi connectivity index (χ0v) is 18.3. The van der Waals surface area contributed by atoms with Crippen LogP contribution in [-0.4, -0.2) is 47.2 Å². The number of nitrogens with zero attached hydrogens (tertiary/aromatic N) is 3. The van der Waals surface area contributed by atoms with Crippen LogP contribution >= 0.6 is 11.6 Å². The summed E-state index contributed by atoms with van der Waals surface area (Å²) in [5, 5.41) is 8.43. The molecule has 0 atom stereocenters. The first-order valence-electron chi connectivity index (χ1n) is 10.6. The summed E-state index contributed by atoms with van der Waals surface area (Å²) in [5.41, 5.74) is 4.05. The number of halogens is 1. The zero-order chi connectivity index (χ0) is 21.9. The van der Waals surface area contributed by atoms with Crippen molar-refractivity contribution >= 4 is 34.4 Å².